The van der Waals surface area contributed by atoms with Gasteiger partial charge in [-0.1, -0.05) is 42.5 Å². The van der Waals surface area contributed by atoms with Crippen molar-refractivity contribution in [2.45, 2.75) is 6.42 Å². The molecule has 0 saturated carbocycles. The number of hydrogen-bond donors (Lipinski definition) is 0. The molecule has 122 valence electrons. The quantitative estimate of drug-likeness (QED) is 0.795. The van der Waals surface area contributed by atoms with Crippen LogP contribution in [0.3, 0.4) is 0 Å². The summed E-state index contributed by atoms with van der Waals surface area (Å²) in [4.78, 5) is 16.8. The monoisotopic (exact) mass is 319 g/mol. The first-order valence-corrected chi connectivity index (χ1v) is 8.32. The molecule has 0 bridgehead atoms. The Hall–Kier alpha value is -2.64. The second-order valence-electron chi connectivity index (χ2n) is 6.00. The van der Waals surface area contributed by atoms with E-state index in [1.807, 2.05) is 54.6 Å². The third kappa shape index (κ3) is 3.81. The standard InChI is InChI=1S/C20H21N3O/c21-16-18-8-4-5-9-19(18)23-14-12-22(13-15-23)11-10-20(24)17-6-2-1-3-7-17/h1-9H,10-15H2. The zero-order valence-corrected chi connectivity index (χ0v) is 13.7. The molecular weight excluding hydrogens is 298 g/mol. The summed E-state index contributed by atoms with van der Waals surface area (Å²) < 4.78 is 0. The number of carbonyl (C=O) groups is 1. The average molecular weight is 319 g/mol. The molecule has 0 aliphatic carbocycles. The minimum atomic E-state index is 0.202. The molecular formula is C20H21N3O. The number of rotatable bonds is 5. The van der Waals surface area contributed by atoms with Crippen molar-refractivity contribution in [3.05, 3.63) is 65.7 Å². The molecule has 2 aromatic carbocycles. The molecule has 0 radical (unpaired) electrons. The lowest BCUT2D eigenvalue weighted by atomic mass is 10.1. The molecule has 0 amide bonds. The maximum absolute atomic E-state index is 12.2. The van der Waals surface area contributed by atoms with E-state index < -0.39 is 0 Å². The van der Waals surface area contributed by atoms with Crippen LogP contribution in [0.5, 0.6) is 0 Å². The summed E-state index contributed by atoms with van der Waals surface area (Å²) in [5.74, 6) is 0.202. The minimum Gasteiger partial charge on any atom is -0.368 e. The highest BCUT2D eigenvalue weighted by molar-refractivity contribution is 5.96. The summed E-state index contributed by atoms with van der Waals surface area (Å²) in [6.45, 7) is 4.40. The Morgan fingerprint density at radius 2 is 1.62 bits per heavy atom. The Kier molecular flexibility index (Phi) is 5.25. The number of hydrogen-bond acceptors (Lipinski definition) is 4. The van der Waals surface area contributed by atoms with E-state index in [0.29, 0.717) is 6.42 Å². The lowest BCUT2D eigenvalue weighted by molar-refractivity contribution is 0.0962. The second-order valence-corrected chi connectivity index (χ2v) is 6.00. The van der Waals surface area contributed by atoms with Crippen LogP contribution < -0.4 is 4.90 Å². The van der Waals surface area contributed by atoms with Crippen LogP contribution in [0.2, 0.25) is 0 Å². The minimum absolute atomic E-state index is 0.202. The van der Waals surface area contributed by atoms with Crippen molar-refractivity contribution in [3.8, 4) is 6.07 Å². The first-order valence-electron chi connectivity index (χ1n) is 8.32. The largest absolute Gasteiger partial charge is 0.368 e. The SMILES string of the molecule is N#Cc1ccccc1N1CCN(CCC(=O)c2ccccc2)CC1. The fraction of sp³-hybridized carbons (Fsp3) is 0.300. The molecule has 4 nitrogen and oxygen atoms in total. The summed E-state index contributed by atoms with van der Waals surface area (Å²) >= 11 is 0. The van der Waals surface area contributed by atoms with Gasteiger partial charge in [0.25, 0.3) is 0 Å². The number of anilines is 1. The number of benzene rings is 2. The smallest absolute Gasteiger partial charge is 0.164 e. The number of Topliss-reactive ketones (excluding diaryl/α,β-unsaturated/α-hetero) is 1. The molecule has 0 atom stereocenters. The zero-order valence-electron chi connectivity index (χ0n) is 13.7. The fourth-order valence-electron chi connectivity index (χ4n) is 3.08. The van der Waals surface area contributed by atoms with Crippen LogP contribution in [0, 0.1) is 11.3 Å². The average Bonchev–Trinajstić information content (AvgIpc) is 2.67. The van der Waals surface area contributed by atoms with Gasteiger partial charge in [-0.2, -0.15) is 5.26 Å². The van der Waals surface area contributed by atoms with Gasteiger partial charge in [0.05, 0.1) is 11.3 Å². The van der Waals surface area contributed by atoms with Crippen molar-refractivity contribution in [3.63, 3.8) is 0 Å². The molecule has 3 rings (SSSR count). The summed E-state index contributed by atoms with van der Waals surface area (Å²) in [6.07, 6.45) is 0.554. The molecule has 4 heteroatoms. The Balaban J connectivity index is 1.51. The number of carbonyl (C=O) groups excluding carboxylic acids is 1. The second kappa shape index (κ2) is 7.76. The van der Waals surface area contributed by atoms with Gasteiger partial charge >= 0.3 is 0 Å². The molecule has 1 aliphatic heterocycles. The van der Waals surface area contributed by atoms with Gasteiger partial charge in [-0.25, -0.2) is 0 Å². The van der Waals surface area contributed by atoms with Crippen LogP contribution in [-0.4, -0.2) is 43.4 Å². The van der Waals surface area contributed by atoms with Gasteiger partial charge in [-0.3, -0.25) is 9.69 Å². The lowest BCUT2D eigenvalue weighted by Gasteiger charge is -2.36. The summed E-state index contributed by atoms with van der Waals surface area (Å²) in [6, 6.07) is 19.5. The molecule has 1 aliphatic rings. The van der Waals surface area contributed by atoms with Crippen molar-refractivity contribution in [1.29, 1.82) is 5.26 Å². The molecule has 1 saturated heterocycles. The van der Waals surface area contributed by atoms with Gasteiger partial charge < -0.3 is 4.90 Å². The van der Waals surface area contributed by atoms with Gasteiger partial charge in [0.1, 0.15) is 6.07 Å². The normalized spacial score (nSPS) is 15.0. The van der Waals surface area contributed by atoms with Crippen molar-refractivity contribution >= 4 is 11.5 Å². The van der Waals surface area contributed by atoms with Gasteiger partial charge in [-0.15, -0.1) is 0 Å². The fourth-order valence-corrected chi connectivity index (χ4v) is 3.08. The van der Waals surface area contributed by atoms with E-state index >= 15 is 0 Å². The van der Waals surface area contributed by atoms with Crippen LogP contribution in [-0.2, 0) is 0 Å². The third-order valence-corrected chi connectivity index (χ3v) is 4.49. The van der Waals surface area contributed by atoms with Crippen LogP contribution in [0.1, 0.15) is 22.3 Å². The molecule has 24 heavy (non-hydrogen) atoms. The van der Waals surface area contributed by atoms with E-state index in [1.165, 1.54) is 0 Å². The van der Waals surface area contributed by atoms with Crippen LogP contribution >= 0.6 is 0 Å². The maximum Gasteiger partial charge on any atom is 0.164 e. The summed E-state index contributed by atoms with van der Waals surface area (Å²) in [7, 11) is 0. The van der Waals surface area contributed by atoms with E-state index in [0.717, 1.165) is 49.5 Å². The molecule has 0 N–H and O–H groups in total. The van der Waals surface area contributed by atoms with Crippen LogP contribution in [0.25, 0.3) is 0 Å². The molecule has 0 spiro atoms. The highest BCUT2D eigenvalue weighted by Gasteiger charge is 2.19. The van der Waals surface area contributed by atoms with E-state index in [-0.39, 0.29) is 5.78 Å². The predicted octanol–water partition coefficient (Wildman–Crippen LogP) is 2.95. The predicted molar refractivity (Wildman–Crippen MR) is 95.2 cm³/mol. The van der Waals surface area contributed by atoms with E-state index in [1.54, 1.807) is 0 Å². The van der Waals surface area contributed by atoms with Gasteiger partial charge in [-0.05, 0) is 12.1 Å². The maximum atomic E-state index is 12.2. The van der Waals surface area contributed by atoms with E-state index in [4.69, 9.17) is 0 Å². The molecule has 0 aromatic heterocycles. The van der Waals surface area contributed by atoms with Gasteiger partial charge in [0.2, 0.25) is 0 Å². The molecule has 1 heterocycles. The van der Waals surface area contributed by atoms with Crippen molar-refractivity contribution in [2.75, 3.05) is 37.6 Å². The van der Waals surface area contributed by atoms with Crippen molar-refractivity contribution in [2.24, 2.45) is 0 Å². The molecule has 1 fully saturated rings. The van der Waals surface area contributed by atoms with Gasteiger partial charge in [0.15, 0.2) is 5.78 Å². The highest BCUT2D eigenvalue weighted by atomic mass is 16.1. The first-order chi connectivity index (χ1) is 11.8. The van der Waals surface area contributed by atoms with Gasteiger partial charge in [0, 0.05) is 44.7 Å². The van der Waals surface area contributed by atoms with Crippen LogP contribution in [0.4, 0.5) is 5.69 Å². The Bertz CT molecular complexity index is 728. The Morgan fingerprint density at radius 3 is 2.33 bits per heavy atom. The number of ketones is 1. The van der Waals surface area contributed by atoms with Crippen molar-refractivity contribution in [1.82, 2.24) is 4.90 Å². The molecule has 2 aromatic rings. The van der Waals surface area contributed by atoms with Crippen LogP contribution in [0.15, 0.2) is 54.6 Å². The van der Waals surface area contributed by atoms with E-state index in [9.17, 15) is 10.1 Å². The van der Waals surface area contributed by atoms with Crippen molar-refractivity contribution < 1.29 is 4.79 Å². The molecule has 0 unspecified atom stereocenters. The van der Waals surface area contributed by atoms with E-state index in [2.05, 4.69) is 15.9 Å². The Morgan fingerprint density at radius 1 is 0.958 bits per heavy atom. The number of piperazine rings is 1. The third-order valence-electron chi connectivity index (χ3n) is 4.49. The number of para-hydroxylation sites is 1. The topological polar surface area (TPSA) is 47.3 Å². The lowest BCUT2D eigenvalue weighted by Crippen LogP contribution is -2.47. The zero-order chi connectivity index (χ0) is 16.8. The summed E-state index contributed by atoms with van der Waals surface area (Å²) in [5, 5.41) is 9.23. The number of nitriles is 1. The summed E-state index contributed by atoms with van der Waals surface area (Å²) in [5.41, 5.74) is 2.53. The first kappa shape index (κ1) is 16.2. The number of nitrogens with zero attached hydrogens (tertiary/aromatic N) is 3. The Labute approximate surface area is 142 Å². The highest BCUT2D eigenvalue weighted by Crippen LogP contribution is 2.21.